The molecule has 3 rings (SSSR count). The number of hydrogen-bond acceptors (Lipinski definition) is 6. The first kappa shape index (κ1) is 20.9. The first-order chi connectivity index (χ1) is 14.1. The quantitative estimate of drug-likeness (QED) is 0.277. The third-order valence-electron chi connectivity index (χ3n) is 4.33. The van der Waals surface area contributed by atoms with Gasteiger partial charge in [0.05, 0.1) is 13.2 Å². The Balaban J connectivity index is 1.51. The topological polar surface area (TPSA) is 66.2 Å². The zero-order valence-corrected chi connectivity index (χ0v) is 17.7. The predicted octanol–water partition coefficient (Wildman–Crippen LogP) is 4.56. The first-order valence-electron chi connectivity index (χ1n) is 9.56. The molecule has 3 aromatic rings. The molecule has 2 aromatic carbocycles. The molecule has 0 saturated heterocycles. The van der Waals surface area contributed by atoms with E-state index in [1.807, 2.05) is 18.5 Å². The SMILES string of the molecule is CCOc1cc(C=O)ccc1OCCCSc1nnc(-c2ccc(C)cc2)n1C. The minimum Gasteiger partial charge on any atom is -0.490 e. The lowest BCUT2D eigenvalue weighted by atomic mass is 10.1. The lowest BCUT2D eigenvalue weighted by Crippen LogP contribution is -2.03. The van der Waals surface area contributed by atoms with Crippen molar-refractivity contribution >= 4 is 18.0 Å². The van der Waals surface area contributed by atoms with Gasteiger partial charge in [0.25, 0.3) is 0 Å². The maximum Gasteiger partial charge on any atom is 0.191 e. The Morgan fingerprint density at radius 3 is 2.59 bits per heavy atom. The van der Waals surface area contributed by atoms with Crippen LogP contribution < -0.4 is 9.47 Å². The van der Waals surface area contributed by atoms with Gasteiger partial charge in [-0.3, -0.25) is 4.79 Å². The maximum absolute atomic E-state index is 10.9. The van der Waals surface area contributed by atoms with E-state index in [2.05, 4.69) is 41.4 Å². The Kier molecular flexibility index (Phi) is 7.30. The average molecular weight is 412 g/mol. The van der Waals surface area contributed by atoms with Crippen molar-refractivity contribution in [1.29, 1.82) is 0 Å². The molecule has 6 nitrogen and oxygen atoms in total. The van der Waals surface area contributed by atoms with Crippen LogP contribution >= 0.6 is 11.8 Å². The van der Waals surface area contributed by atoms with Gasteiger partial charge in [0.15, 0.2) is 22.5 Å². The normalized spacial score (nSPS) is 10.7. The summed E-state index contributed by atoms with van der Waals surface area (Å²) in [5.41, 5.74) is 2.85. The Morgan fingerprint density at radius 1 is 1.07 bits per heavy atom. The van der Waals surface area contributed by atoms with Crippen LogP contribution in [-0.4, -0.2) is 40.0 Å². The van der Waals surface area contributed by atoms with Crippen molar-refractivity contribution in [2.45, 2.75) is 25.4 Å². The van der Waals surface area contributed by atoms with Gasteiger partial charge in [0.1, 0.15) is 6.29 Å². The number of hydrogen-bond donors (Lipinski definition) is 0. The second-order valence-corrected chi connectivity index (χ2v) is 7.60. The number of aromatic nitrogens is 3. The third-order valence-corrected chi connectivity index (χ3v) is 5.43. The minimum atomic E-state index is 0.518. The molecule has 7 heteroatoms. The molecule has 0 aliphatic heterocycles. The van der Waals surface area contributed by atoms with Gasteiger partial charge in [-0.15, -0.1) is 10.2 Å². The van der Waals surface area contributed by atoms with Crippen molar-refractivity contribution in [1.82, 2.24) is 14.8 Å². The molecule has 0 N–H and O–H groups in total. The third kappa shape index (κ3) is 5.38. The summed E-state index contributed by atoms with van der Waals surface area (Å²) in [5, 5.41) is 9.52. The molecule has 0 fully saturated rings. The van der Waals surface area contributed by atoms with Crippen LogP contribution in [0.2, 0.25) is 0 Å². The molecule has 0 aliphatic rings. The fraction of sp³-hybridized carbons (Fsp3) is 0.318. The first-order valence-corrected chi connectivity index (χ1v) is 10.5. The van der Waals surface area contributed by atoms with Gasteiger partial charge in [-0.05, 0) is 38.5 Å². The van der Waals surface area contributed by atoms with E-state index in [4.69, 9.17) is 9.47 Å². The molecule has 0 atom stereocenters. The Morgan fingerprint density at radius 2 is 1.86 bits per heavy atom. The molecule has 0 unspecified atom stereocenters. The van der Waals surface area contributed by atoms with Crippen molar-refractivity contribution in [3.05, 3.63) is 53.6 Å². The van der Waals surface area contributed by atoms with E-state index >= 15 is 0 Å². The van der Waals surface area contributed by atoms with E-state index in [9.17, 15) is 4.79 Å². The van der Waals surface area contributed by atoms with Crippen LogP contribution in [0.15, 0.2) is 47.6 Å². The van der Waals surface area contributed by atoms with Crippen LogP contribution in [0, 0.1) is 6.92 Å². The molecule has 1 heterocycles. The summed E-state index contributed by atoms with van der Waals surface area (Å²) in [6.45, 7) is 5.04. The van der Waals surface area contributed by atoms with E-state index < -0.39 is 0 Å². The largest absolute Gasteiger partial charge is 0.490 e. The van der Waals surface area contributed by atoms with Crippen molar-refractivity contribution in [2.24, 2.45) is 7.05 Å². The second-order valence-electron chi connectivity index (χ2n) is 6.54. The van der Waals surface area contributed by atoms with E-state index in [1.165, 1.54) is 5.56 Å². The van der Waals surface area contributed by atoms with E-state index in [-0.39, 0.29) is 0 Å². The predicted molar refractivity (Wildman–Crippen MR) is 115 cm³/mol. The molecule has 0 saturated carbocycles. The van der Waals surface area contributed by atoms with Crippen LogP contribution in [0.5, 0.6) is 11.5 Å². The summed E-state index contributed by atoms with van der Waals surface area (Å²) in [6, 6.07) is 13.5. The van der Waals surface area contributed by atoms with Crippen molar-refractivity contribution < 1.29 is 14.3 Å². The lowest BCUT2D eigenvalue weighted by Gasteiger charge is -2.12. The molecule has 0 aliphatic carbocycles. The number of ether oxygens (including phenoxy) is 2. The summed E-state index contributed by atoms with van der Waals surface area (Å²) in [5.74, 6) is 2.97. The van der Waals surface area contributed by atoms with Gasteiger partial charge >= 0.3 is 0 Å². The average Bonchev–Trinajstić information content (AvgIpc) is 3.10. The molecule has 152 valence electrons. The summed E-state index contributed by atoms with van der Waals surface area (Å²) in [4.78, 5) is 10.9. The van der Waals surface area contributed by atoms with Gasteiger partial charge in [-0.25, -0.2) is 0 Å². The van der Waals surface area contributed by atoms with Gasteiger partial charge < -0.3 is 14.0 Å². The van der Waals surface area contributed by atoms with E-state index in [1.54, 1.807) is 30.0 Å². The highest BCUT2D eigenvalue weighted by Crippen LogP contribution is 2.28. The van der Waals surface area contributed by atoms with Gasteiger partial charge in [0.2, 0.25) is 0 Å². The zero-order chi connectivity index (χ0) is 20.6. The monoisotopic (exact) mass is 411 g/mol. The Hall–Kier alpha value is -2.80. The van der Waals surface area contributed by atoms with Crippen LogP contribution in [-0.2, 0) is 7.05 Å². The molecular formula is C22H25N3O3S. The van der Waals surface area contributed by atoms with Crippen LogP contribution in [0.25, 0.3) is 11.4 Å². The standard InChI is InChI=1S/C22H25N3O3S/c1-4-27-20-14-17(15-26)8-11-19(20)28-12-5-13-29-22-24-23-21(25(22)3)18-9-6-16(2)7-10-18/h6-11,14-15H,4-5,12-13H2,1-3H3. The number of benzene rings is 2. The zero-order valence-electron chi connectivity index (χ0n) is 16.9. The second kappa shape index (κ2) is 10.1. The van der Waals surface area contributed by atoms with Crippen molar-refractivity contribution in [2.75, 3.05) is 19.0 Å². The van der Waals surface area contributed by atoms with E-state index in [0.717, 1.165) is 35.0 Å². The lowest BCUT2D eigenvalue weighted by molar-refractivity contribution is 0.112. The Bertz CT molecular complexity index is 954. The highest BCUT2D eigenvalue weighted by Gasteiger charge is 2.11. The molecular weight excluding hydrogens is 386 g/mol. The highest BCUT2D eigenvalue weighted by atomic mass is 32.2. The number of carbonyl (C=O) groups is 1. The summed E-state index contributed by atoms with van der Waals surface area (Å²) < 4.78 is 13.4. The minimum absolute atomic E-state index is 0.518. The Labute approximate surface area is 175 Å². The van der Waals surface area contributed by atoms with Gasteiger partial charge in [-0.1, -0.05) is 41.6 Å². The molecule has 29 heavy (non-hydrogen) atoms. The van der Waals surface area contributed by atoms with Crippen LogP contribution in [0.3, 0.4) is 0 Å². The number of carbonyl (C=O) groups excluding carboxylic acids is 1. The van der Waals surface area contributed by atoms with Gasteiger partial charge in [-0.2, -0.15) is 0 Å². The fourth-order valence-electron chi connectivity index (χ4n) is 2.78. The summed E-state index contributed by atoms with van der Waals surface area (Å²) >= 11 is 1.65. The van der Waals surface area contributed by atoms with Gasteiger partial charge in [0, 0.05) is 23.9 Å². The molecule has 0 amide bonds. The number of rotatable bonds is 10. The molecule has 0 radical (unpaired) electrons. The molecule has 0 bridgehead atoms. The molecule has 0 spiro atoms. The van der Waals surface area contributed by atoms with Crippen LogP contribution in [0.4, 0.5) is 0 Å². The number of thioether (sulfide) groups is 1. The fourth-order valence-corrected chi connectivity index (χ4v) is 3.61. The van der Waals surface area contributed by atoms with Crippen molar-refractivity contribution in [3.63, 3.8) is 0 Å². The highest BCUT2D eigenvalue weighted by molar-refractivity contribution is 7.99. The maximum atomic E-state index is 10.9. The van der Waals surface area contributed by atoms with Crippen molar-refractivity contribution in [3.8, 4) is 22.9 Å². The van der Waals surface area contributed by atoms with E-state index in [0.29, 0.717) is 30.3 Å². The smallest absolute Gasteiger partial charge is 0.191 e. The number of aryl methyl sites for hydroxylation is 1. The van der Waals surface area contributed by atoms with Crippen LogP contribution in [0.1, 0.15) is 29.3 Å². The molecule has 1 aromatic heterocycles. The number of nitrogens with zero attached hydrogens (tertiary/aromatic N) is 3. The summed E-state index contributed by atoms with van der Waals surface area (Å²) in [6.07, 6.45) is 1.65. The summed E-state index contributed by atoms with van der Waals surface area (Å²) in [7, 11) is 1.98. The number of aldehydes is 1.